The lowest BCUT2D eigenvalue weighted by atomic mass is 10.2. The molecule has 1 aromatic heterocycles. The van der Waals surface area contributed by atoms with Gasteiger partial charge in [-0.2, -0.15) is 0 Å². The maximum atomic E-state index is 14.0. The standard InChI is InChI=1S/C21H18ClFN2O4/c1-3-14-6-9-19(29-14)21(27)24-13-5-8-18(28-2)17(11-13)25-20(26)15-7-4-12(22)10-16(15)23/h4-11H,3H2,1-2H3,(H,24,27)(H,25,26). The Labute approximate surface area is 171 Å². The van der Waals surface area contributed by atoms with Crippen LogP contribution in [0.2, 0.25) is 5.02 Å². The highest BCUT2D eigenvalue weighted by atomic mass is 35.5. The second-order valence-corrected chi connectivity index (χ2v) is 6.50. The zero-order valence-electron chi connectivity index (χ0n) is 15.7. The van der Waals surface area contributed by atoms with Crippen LogP contribution in [-0.2, 0) is 6.42 Å². The largest absolute Gasteiger partial charge is 0.495 e. The molecule has 0 aliphatic carbocycles. The van der Waals surface area contributed by atoms with Crippen molar-refractivity contribution in [2.45, 2.75) is 13.3 Å². The molecular formula is C21H18ClFN2O4. The Hall–Kier alpha value is -3.32. The van der Waals surface area contributed by atoms with E-state index < -0.39 is 17.6 Å². The minimum Gasteiger partial charge on any atom is -0.495 e. The van der Waals surface area contributed by atoms with Crippen molar-refractivity contribution in [2.75, 3.05) is 17.7 Å². The molecule has 1 heterocycles. The fourth-order valence-corrected chi connectivity index (χ4v) is 2.79. The minimum absolute atomic E-state index is 0.173. The number of anilines is 2. The normalized spacial score (nSPS) is 10.5. The van der Waals surface area contributed by atoms with Crippen molar-refractivity contribution in [3.05, 3.63) is 76.5 Å². The summed E-state index contributed by atoms with van der Waals surface area (Å²) in [6, 6.07) is 11.8. The Balaban J connectivity index is 1.81. The number of rotatable bonds is 6. The predicted molar refractivity (Wildman–Crippen MR) is 108 cm³/mol. The Morgan fingerprint density at radius 1 is 1.07 bits per heavy atom. The van der Waals surface area contributed by atoms with E-state index in [0.717, 1.165) is 6.07 Å². The molecule has 2 N–H and O–H groups in total. The summed E-state index contributed by atoms with van der Waals surface area (Å²) in [6.07, 6.45) is 0.674. The quantitative estimate of drug-likeness (QED) is 0.582. The van der Waals surface area contributed by atoms with Gasteiger partial charge in [-0.25, -0.2) is 4.39 Å². The van der Waals surface area contributed by atoms with Crippen LogP contribution in [-0.4, -0.2) is 18.9 Å². The van der Waals surface area contributed by atoms with Crippen molar-refractivity contribution in [3.8, 4) is 5.75 Å². The van der Waals surface area contributed by atoms with Gasteiger partial charge in [0.15, 0.2) is 5.76 Å². The molecule has 0 fully saturated rings. The monoisotopic (exact) mass is 416 g/mol. The van der Waals surface area contributed by atoms with E-state index in [0.29, 0.717) is 23.6 Å². The van der Waals surface area contributed by atoms with Gasteiger partial charge in [-0.05, 0) is 48.5 Å². The minimum atomic E-state index is -0.747. The van der Waals surface area contributed by atoms with E-state index in [1.54, 1.807) is 24.3 Å². The van der Waals surface area contributed by atoms with Gasteiger partial charge < -0.3 is 19.8 Å². The van der Waals surface area contributed by atoms with E-state index >= 15 is 0 Å². The zero-order valence-corrected chi connectivity index (χ0v) is 16.5. The number of methoxy groups -OCH3 is 1. The molecule has 29 heavy (non-hydrogen) atoms. The van der Waals surface area contributed by atoms with Gasteiger partial charge in [0.1, 0.15) is 17.3 Å². The molecule has 0 atom stereocenters. The molecule has 150 valence electrons. The lowest BCUT2D eigenvalue weighted by molar-refractivity contribution is 0.0993. The first-order valence-electron chi connectivity index (χ1n) is 8.75. The average Bonchev–Trinajstić information content (AvgIpc) is 3.17. The topological polar surface area (TPSA) is 80.6 Å². The number of aryl methyl sites for hydroxylation is 1. The van der Waals surface area contributed by atoms with Crippen LogP contribution in [0.4, 0.5) is 15.8 Å². The fourth-order valence-electron chi connectivity index (χ4n) is 2.63. The van der Waals surface area contributed by atoms with Gasteiger partial charge in [-0.15, -0.1) is 0 Å². The van der Waals surface area contributed by atoms with E-state index in [-0.39, 0.29) is 22.0 Å². The fraction of sp³-hybridized carbons (Fsp3) is 0.143. The number of hydrogen-bond acceptors (Lipinski definition) is 4. The van der Waals surface area contributed by atoms with Crippen molar-refractivity contribution in [2.24, 2.45) is 0 Å². The molecule has 2 amide bonds. The van der Waals surface area contributed by atoms with E-state index in [2.05, 4.69) is 10.6 Å². The molecule has 0 aliphatic rings. The summed E-state index contributed by atoms with van der Waals surface area (Å²) in [5.74, 6) is -0.648. The molecule has 0 spiro atoms. The molecule has 6 nitrogen and oxygen atoms in total. The second-order valence-electron chi connectivity index (χ2n) is 6.07. The van der Waals surface area contributed by atoms with Gasteiger partial charge in [-0.1, -0.05) is 18.5 Å². The van der Waals surface area contributed by atoms with E-state index in [9.17, 15) is 14.0 Å². The molecule has 0 saturated carbocycles. The van der Waals surface area contributed by atoms with Crippen LogP contribution in [0.1, 0.15) is 33.6 Å². The predicted octanol–water partition coefficient (Wildman–Crippen LogP) is 5.15. The summed E-state index contributed by atoms with van der Waals surface area (Å²) in [6.45, 7) is 1.92. The van der Waals surface area contributed by atoms with Crippen LogP contribution < -0.4 is 15.4 Å². The summed E-state index contributed by atoms with van der Waals surface area (Å²) in [7, 11) is 1.43. The van der Waals surface area contributed by atoms with Gasteiger partial charge >= 0.3 is 0 Å². The molecule has 3 rings (SSSR count). The van der Waals surface area contributed by atoms with Gasteiger partial charge in [0.2, 0.25) is 0 Å². The number of amides is 2. The number of furan rings is 1. The van der Waals surface area contributed by atoms with Crippen LogP contribution in [0.15, 0.2) is 52.9 Å². The summed E-state index contributed by atoms with van der Waals surface area (Å²) in [5.41, 5.74) is 0.490. The lowest BCUT2D eigenvalue weighted by Crippen LogP contribution is -2.15. The van der Waals surface area contributed by atoms with E-state index in [4.69, 9.17) is 20.8 Å². The third kappa shape index (κ3) is 4.75. The Bertz CT molecular complexity index is 1060. The van der Waals surface area contributed by atoms with Crippen molar-refractivity contribution in [1.29, 1.82) is 0 Å². The van der Waals surface area contributed by atoms with E-state index in [1.807, 2.05) is 6.92 Å². The summed E-state index contributed by atoms with van der Waals surface area (Å²) in [4.78, 5) is 24.8. The molecule has 0 aliphatic heterocycles. The van der Waals surface area contributed by atoms with Crippen molar-refractivity contribution >= 4 is 34.8 Å². The van der Waals surface area contributed by atoms with Gasteiger partial charge in [0.05, 0.1) is 18.4 Å². The average molecular weight is 417 g/mol. The van der Waals surface area contributed by atoms with Crippen molar-refractivity contribution in [3.63, 3.8) is 0 Å². The molecule has 0 bridgehead atoms. The number of benzene rings is 2. The van der Waals surface area contributed by atoms with Crippen LogP contribution in [0.25, 0.3) is 0 Å². The number of nitrogens with one attached hydrogen (secondary N) is 2. The molecule has 0 radical (unpaired) electrons. The number of carbonyl (C=O) groups excluding carboxylic acids is 2. The van der Waals surface area contributed by atoms with E-state index in [1.165, 1.54) is 25.3 Å². The number of ether oxygens (including phenoxy) is 1. The van der Waals surface area contributed by atoms with Crippen LogP contribution in [0.3, 0.4) is 0 Å². The summed E-state index contributed by atoms with van der Waals surface area (Å²) >= 11 is 5.72. The smallest absolute Gasteiger partial charge is 0.291 e. The van der Waals surface area contributed by atoms with Gasteiger partial charge in [-0.3, -0.25) is 9.59 Å². The third-order valence-corrected chi connectivity index (χ3v) is 4.35. The number of hydrogen-bond donors (Lipinski definition) is 2. The Morgan fingerprint density at radius 2 is 1.86 bits per heavy atom. The highest BCUT2D eigenvalue weighted by Gasteiger charge is 2.16. The van der Waals surface area contributed by atoms with Crippen molar-refractivity contribution in [1.82, 2.24) is 0 Å². The van der Waals surface area contributed by atoms with Crippen LogP contribution in [0, 0.1) is 5.82 Å². The maximum absolute atomic E-state index is 14.0. The number of halogens is 2. The second kappa shape index (κ2) is 8.79. The lowest BCUT2D eigenvalue weighted by Gasteiger charge is -2.13. The first-order chi connectivity index (χ1) is 13.9. The van der Waals surface area contributed by atoms with Crippen LogP contribution >= 0.6 is 11.6 Å². The first-order valence-corrected chi connectivity index (χ1v) is 9.13. The van der Waals surface area contributed by atoms with Crippen molar-refractivity contribution < 1.29 is 23.1 Å². The molecule has 8 heteroatoms. The SMILES string of the molecule is CCc1ccc(C(=O)Nc2ccc(OC)c(NC(=O)c3ccc(Cl)cc3F)c2)o1. The Morgan fingerprint density at radius 3 is 2.52 bits per heavy atom. The summed E-state index contributed by atoms with van der Waals surface area (Å²) < 4.78 is 24.7. The Kier molecular flexibility index (Phi) is 6.19. The zero-order chi connectivity index (χ0) is 21.0. The first kappa shape index (κ1) is 20.4. The summed E-state index contributed by atoms with van der Waals surface area (Å²) in [5, 5.41) is 5.46. The molecular weight excluding hydrogens is 399 g/mol. The molecule has 0 unspecified atom stereocenters. The van der Waals surface area contributed by atoms with Crippen LogP contribution in [0.5, 0.6) is 5.75 Å². The third-order valence-electron chi connectivity index (χ3n) is 4.12. The molecule has 2 aromatic carbocycles. The highest BCUT2D eigenvalue weighted by Crippen LogP contribution is 2.29. The number of carbonyl (C=O) groups is 2. The molecule has 0 saturated heterocycles. The molecule has 3 aromatic rings. The van der Waals surface area contributed by atoms with Gasteiger partial charge in [0, 0.05) is 17.1 Å². The van der Waals surface area contributed by atoms with Gasteiger partial charge in [0.25, 0.3) is 11.8 Å². The maximum Gasteiger partial charge on any atom is 0.291 e. The highest BCUT2D eigenvalue weighted by molar-refractivity contribution is 6.30.